The zero-order valence-corrected chi connectivity index (χ0v) is 14.5. The molecule has 6 heteroatoms. The topological polar surface area (TPSA) is 57.8 Å². The molecule has 3 heterocycles. The lowest BCUT2D eigenvalue weighted by molar-refractivity contribution is 0.104. The van der Waals surface area contributed by atoms with Crippen molar-refractivity contribution >= 4 is 0 Å². The summed E-state index contributed by atoms with van der Waals surface area (Å²) < 4.78 is 9.49. The molecule has 0 bridgehead atoms. The van der Waals surface area contributed by atoms with Crippen LogP contribution in [0.5, 0.6) is 0 Å². The van der Waals surface area contributed by atoms with Crippen LogP contribution in [0, 0.1) is 0 Å². The molecule has 25 heavy (non-hydrogen) atoms. The first-order valence-corrected chi connectivity index (χ1v) is 8.86. The molecule has 4 rings (SSSR count). The summed E-state index contributed by atoms with van der Waals surface area (Å²) in [6.07, 6.45) is 8.47. The van der Waals surface area contributed by atoms with Crippen molar-refractivity contribution in [3.8, 4) is 11.4 Å². The molecule has 0 aliphatic carbocycles. The Hall–Kier alpha value is -2.47. The SMILES string of the molecule is Cn1nc(-c2cnn(Cc3ccccc3)c2)nc1CC[C@@H]1CCCO1. The lowest BCUT2D eigenvalue weighted by Crippen LogP contribution is -2.09. The van der Waals surface area contributed by atoms with Crippen LogP contribution in [0.4, 0.5) is 0 Å². The third kappa shape index (κ3) is 3.79. The first-order chi connectivity index (χ1) is 12.3. The molecule has 1 fully saturated rings. The average Bonchev–Trinajstić information content (AvgIpc) is 3.35. The van der Waals surface area contributed by atoms with Crippen LogP contribution in [-0.4, -0.2) is 37.3 Å². The van der Waals surface area contributed by atoms with Gasteiger partial charge in [-0.2, -0.15) is 10.2 Å². The minimum Gasteiger partial charge on any atom is -0.378 e. The molecule has 1 aliphatic heterocycles. The van der Waals surface area contributed by atoms with Crippen molar-refractivity contribution in [1.29, 1.82) is 0 Å². The molecule has 0 radical (unpaired) electrons. The summed E-state index contributed by atoms with van der Waals surface area (Å²) in [7, 11) is 1.95. The Balaban J connectivity index is 1.44. The predicted molar refractivity (Wildman–Crippen MR) is 95.1 cm³/mol. The van der Waals surface area contributed by atoms with Gasteiger partial charge in [0.1, 0.15) is 5.82 Å². The molecule has 1 aliphatic rings. The van der Waals surface area contributed by atoms with Crippen LogP contribution in [0.1, 0.15) is 30.7 Å². The van der Waals surface area contributed by atoms with Crippen LogP contribution < -0.4 is 0 Å². The molecule has 0 spiro atoms. The van der Waals surface area contributed by atoms with E-state index >= 15 is 0 Å². The highest BCUT2D eigenvalue weighted by atomic mass is 16.5. The van der Waals surface area contributed by atoms with Crippen molar-refractivity contribution in [2.24, 2.45) is 7.05 Å². The van der Waals surface area contributed by atoms with Crippen molar-refractivity contribution in [3.63, 3.8) is 0 Å². The molecular weight excluding hydrogens is 314 g/mol. The summed E-state index contributed by atoms with van der Waals surface area (Å²) in [5.74, 6) is 1.74. The van der Waals surface area contributed by atoms with Crippen LogP contribution in [0.25, 0.3) is 11.4 Å². The van der Waals surface area contributed by atoms with E-state index in [4.69, 9.17) is 9.72 Å². The van der Waals surface area contributed by atoms with Crippen molar-refractivity contribution in [2.75, 3.05) is 6.61 Å². The maximum absolute atomic E-state index is 5.70. The normalized spacial score (nSPS) is 17.2. The van der Waals surface area contributed by atoms with Crippen molar-refractivity contribution < 1.29 is 4.74 Å². The first kappa shape index (κ1) is 16.0. The number of rotatable bonds is 6. The van der Waals surface area contributed by atoms with E-state index in [1.807, 2.05) is 47.0 Å². The molecule has 0 unspecified atom stereocenters. The van der Waals surface area contributed by atoms with Gasteiger partial charge in [0.05, 0.1) is 24.4 Å². The summed E-state index contributed by atoms with van der Waals surface area (Å²) in [5.41, 5.74) is 2.18. The highest BCUT2D eigenvalue weighted by Gasteiger charge is 2.17. The Bertz CT molecular complexity index is 817. The molecule has 6 nitrogen and oxygen atoms in total. The Morgan fingerprint density at radius 2 is 2.12 bits per heavy atom. The fraction of sp³-hybridized carbons (Fsp3) is 0.421. The third-order valence-corrected chi connectivity index (χ3v) is 4.65. The molecule has 3 aromatic rings. The summed E-state index contributed by atoms with van der Waals surface area (Å²) >= 11 is 0. The number of benzene rings is 1. The van der Waals surface area contributed by atoms with E-state index < -0.39 is 0 Å². The molecular formula is C19H23N5O. The van der Waals surface area contributed by atoms with Gasteiger partial charge >= 0.3 is 0 Å². The van der Waals surface area contributed by atoms with Crippen molar-refractivity contribution in [3.05, 3.63) is 54.1 Å². The van der Waals surface area contributed by atoms with Gasteiger partial charge in [0, 0.05) is 26.3 Å². The fourth-order valence-corrected chi connectivity index (χ4v) is 3.25. The molecule has 1 aromatic carbocycles. The van der Waals surface area contributed by atoms with Crippen LogP contribution in [0.2, 0.25) is 0 Å². The van der Waals surface area contributed by atoms with E-state index in [1.54, 1.807) is 0 Å². The minimum absolute atomic E-state index is 0.383. The Labute approximate surface area is 147 Å². The van der Waals surface area contributed by atoms with E-state index in [-0.39, 0.29) is 0 Å². The summed E-state index contributed by atoms with van der Waals surface area (Å²) in [4.78, 5) is 4.70. The zero-order valence-electron chi connectivity index (χ0n) is 14.5. The number of aryl methyl sites for hydroxylation is 2. The molecule has 1 atom stereocenters. The summed E-state index contributed by atoms with van der Waals surface area (Å²) in [6, 6.07) is 10.3. The second-order valence-corrected chi connectivity index (χ2v) is 6.56. The molecule has 2 aromatic heterocycles. The van der Waals surface area contributed by atoms with Gasteiger partial charge in [-0.3, -0.25) is 9.36 Å². The van der Waals surface area contributed by atoms with Crippen molar-refractivity contribution in [1.82, 2.24) is 24.5 Å². The standard InChI is InChI=1S/C19H23N5O/c1-23-18(10-9-17-8-5-11-25-17)21-19(22-23)16-12-20-24(14-16)13-15-6-3-2-4-7-15/h2-4,6-7,12,14,17H,5,8-11,13H2,1H3/t17-/m0/s1. The van der Waals surface area contributed by atoms with E-state index in [0.717, 1.165) is 49.6 Å². The highest BCUT2D eigenvalue weighted by molar-refractivity contribution is 5.51. The van der Waals surface area contributed by atoms with Gasteiger partial charge in [-0.1, -0.05) is 30.3 Å². The number of ether oxygens (including phenoxy) is 1. The zero-order chi connectivity index (χ0) is 17.1. The second kappa shape index (κ2) is 7.19. The quantitative estimate of drug-likeness (QED) is 0.694. The van der Waals surface area contributed by atoms with Crippen LogP contribution in [0.3, 0.4) is 0 Å². The van der Waals surface area contributed by atoms with Crippen LogP contribution in [-0.2, 0) is 24.8 Å². The van der Waals surface area contributed by atoms with Gasteiger partial charge in [0.2, 0.25) is 0 Å². The number of aromatic nitrogens is 5. The molecule has 0 saturated carbocycles. The van der Waals surface area contributed by atoms with Crippen molar-refractivity contribution in [2.45, 2.75) is 38.3 Å². The Morgan fingerprint density at radius 1 is 1.24 bits per heavy atom. The van der Waals surface area contributed by atoms with Gasteiger partial charge in [-0.15, -0.1) is 0 Å². The number of hydrogen-bond donors (Lipinski definition) is 0. The van der Waals surface area contributed by atoms with Gasteiger partial charge in [-0.25, -0.2) is 4.98 Å². The monoisotopic (exact) mass is 337 g/mol. The maximum atomic E-state index is 5.70. The Kier molecular flexibility index (Phi) is 4.61. The molecule has 0 amide bonds. The molecule has 1 saturated heterocycles. The second-order valence-electron chi connectivity index (χ2n) is 6.56. The van der Waals surface area contributed by atoms with Crippen LogP contribution >= 0.6 is 0 Å². The average molecular weight is 337 g/mol. The Morgan fingerprint density at radius 3 is 2.92 bits per heavy atom. The number of hydrogen-bond acceptors (Lipinski definition) is 4. The van der Waals surface area contributed by atoms with E-state index in [9.17, 15) is 0 Å². The van der Waals surface area contributed by atoms with Gasteiger partial charge in [-0.05, 0) is 24.8 Å². The summed E-state index contributed by atoms with van der Waals surface area (Å²) in [5, 5.41) is 9.00. The van der Waals surface area contributed by atoms with Crippen LogP contribution in [0.15, 0.2) is 42.7 Å². The number of nitrogens with zero attached hydrogens (tertiary/aromatic N) is 5. The van der Waals surface area contributed by atoms with E-state index in [0.29, 0.717) is 6.10 Å². The predicted octanol–water partition coefficient (Wildman–Crippen LogP) is 2.84. The fourth-order valence-electron chi connectivity index (χ4n) is 3.25. The largest absolute Gasteiger partial charge is 0.378 e. The van der Waals surface area contributed by atoms with E-state index in [2.05, 4.69) is 22.3 Å². The minimum atomic E-state index is 0.383. The molecule has 0 N–H and O–H groups in total. The maximum Gasteiger partial charge on any atom is 0.184 e. The van der Waals surface area contributed by atoms with Gasteiger partial charge in [0.25, 0.3) is 0 Å². The van der Waals surface area contributed by atoms with Gasteiger partial charge in [0.15, 0.2) is 5.82 Å². The highest BCUT2D eigenvalue weighted by Crippen LogP contribution is 2.19. The van der Waals surface area contributed by atoms with E-state index in [1.165, 1.54) is 12.0 Å². The smallest absolute Gasteiger partial charge is 0.184 e. The summed E-state index contributed by atoms with van der Waals surface area (Å²) in [6.45, 7) is 1.65. The lowest BCUT2D eigenvalue weighted by Gasteiger charge is -2.07. The third-order valence-electron chi connectivity index (χ3n) is 4.65. The molecule has 130 valence electrons. The lowest BCUT2D eigenvalue weighted by atomic mass is 10.1. The first-order valence-electron chi connectivity index (χ1n) is 8.86. The van der Waals surface area contributed by atoms with Gasteiger partial charge < -0.3 is 4.74 Å².